The zero-order chi connectivity index (χ0) is 17.5. The second-order valence-corrected chi connectivity index (χ2v) is 5.75. The fraction of sp³-hybridized carbons (Fsp3) is 0.235. The van der Waals surface area contributed by atoms with Gasteiger partial charge in [0.25, 0.3) is 5.91 Å². The fourth-order valence-electron chi connectivity index (χ4n) is 2.06. The molecule has 0 bridgehead atoms. The Balaban J connectivity index is 1.99. The van der Waals surface area contributed by atoms with E-state index in [1.54, 1.807) is 19.1 Å². The molecule has 0 aliphatic carbocycles. The van der Waals surface area contributed by atoms with Crippen LogP contribution in [0.5, 0.6) is 0 Å². The molecule has 0 spiro atoms. The first-order valence-corrected chi connectivity index (χ1v) is 8.11. The van der Waals surface area contributed by atoms with Crippen LogP contribution in [0.2, 0.25) is 10.0 Å². The topological polar surface area (TPSA) is 68.3 Å². The molecular formula is C17H16Cl2N2O3. The lowest BCUT2D eigenvalue weighted by Gasteiger charge is -2.09. The fourth-order valence-corrected chi connectivity index (χ4v) is 2.59. The summed E-state index contributed by atoms with van der Waals surface area (Å²) in [7, 11) is 0. The number of hydrogen-bond donors (Lipinski definition) is 1. The Labute approximate surface area is 149 Å². The number of aromatic nitrogens is 1. The standard InChI is InChI=1S/C17H16Cl2N2O3/c1-2-24-15(22)8-5-11-3-6-12(7-4-11)21-17(23)16-13(18)9-20-10-14(16)19/h3-4,6-7,9-10H,2,5,8H2,1H3,(H,21,23). The summed E-state index contributed by atoms with van der Waals surface area (Å²) >= 11 is 11.9. The van der Waals surface area contributed by atoms with Gasteiger partial charge in [0, 0.05) is 24.5 Å². The van der Waals surface area contributed by atoms with E-state index in [-0.39, 0.29) is 21.6 Å². The predicted molar refractivity (Wildman–Crippen MR) is 93.6 cm³/mol. The summed E-state index contributed by atoms with van der Waals surface area (Å²) in [6.45, 7) is 2.15. The van der Waals surface area contributed by atoms with Crippen LogP contribution >= 0.6 is 23.2 Å². The molecule has 0 atom stereocenters. The van der Waals surface area contributed by atoms with Crippen molar-refractivity contribution in [3.8, 4) is 0 Å². The van der Waals surface area contributed by atoms with Crippen LogP contribution in [0.4, 0.5) is 5.69 Å². The highest BCUT2D eigenvalue weighted by Crippen LogP contribution is 2.24. The van der Waals surface area contributed by atoms with Gasteiger partial charge in [-0.25, -0.2) is 0 Å². The van der Waals surface area contributed by atoms with E-state index < -0.39 is 5.91 Å². The predicted octanol–water partition coefficient (Wildman–Crippen LogP) is 4.14. The number of halogens is 2. The van der Waals surface area contributed by atoms with E-state index in [0.29, 0.717) is 25.1 Å². The third-order valence-electron chi connectivity index (χ3n) is 3.22. The zero-order valence-electron chi connectivity index (χ0n) is 13.0. The number of anilines is 1. The smallest absolute Gasteiger partial charge is 0.306 e. The van der Waals surface area contributed by atoms with Crippen molar-refractivity contribution in [2.45, 2.75) is 19.8 Å². The Morgan fingerprint density at radius 3 is 2.33 bits per heavy atom. The summed E-state index contributed by atoms with van der Waals surface area (Å²) in [5, 5.41) is 3.10. The first-order chi connectivity index (χ1) is 11.5. The Hall–Kier alpha value is -2.11. The van der Waals surface area contributed by atoms with Crippen LogP contribution in [-0.4, -0.2) is 23.5 Å². The summed E-state index contributed by atoms with van der Waals surface area (Å²) in [5.74, 6) is -0.636. The van der Waals surface area contributed by atoms with E-state index >= 15 is 0 Å². The summed E-state index contributed by atoms with van der Waals surface area (Å²) in [5.41, 5.74) is 1.75. The van der Waals surface area contributed by atoms with Gasteiger partial charge in [-0.15, -0.1) is 0 Å². The van der Waals surface area contributed by atoms with E-state index in [4.69, 9.17) is 27.9 Å². The second-order valence-electron chi connectivity index (χ2n) is 4.93. The molecule has 0 saturated heterocycles. The number of aryl methyl sites for hydroxylation is 1. The SMILES string of the molecule is CCOC(=O)CCc1ccc(NC(=O)c2c(Cl)cncc2Cl)cc1. The lowest BCUT2D eigenvalue weighted by molar-refractivity contribution is -0.143. The van der Waals surface area contributed by atoms with Crippen molar-refractivity contribution in [2.24, 2.45) is 0 Å². The first kappa shape index (κ1) is 18.2. The van der Waals surface area contributed by atoms with Crippen LogP contribution in [0.15, 0.2) is 36.7 Å². The first-order valence-electron chi connectivity index (χ1n) is 7.36. The van der Waals surface area contributed by atoms with Crippen molar-refractivity contribution in [1.29, 1.82) is 0 Å². The van der Waals surface area contributed by atoms with Gasteiger partial charge >= 0.3 is 5.97 Å². The van der Waals surface area contributed by atoms with Gasteiger partial charge < -0.3 is 10.1 Å². The molecule has 126 valence electrons. The van der Waals surface area contributed by atoms with Crippen LogP contribution in [0.1, 0.15) is 29.3 Å². The average molecular weight is 367 g/mol. The Bertz CT molecular complexity index is 713. The van der Waals surface area contributed by atoms with Gasteiger partial charge in [-0.05, 0) is 31.0 Å². The Morgan fingerprint density at radius 1 is 1.12 bits per heavy atom. The molecule has 0 aliphatic rings. The normalized spacial score (nSPS) is 10.3. The second kappa shape index (κ2) is 8.66. The monoisotopic (exact) mass is 366 g/mol. The van der Waals surface area contributed by atoms with Gasteiger partial charge in [0.05, 0.1) is 22.2 Å². The molecule has 0 saturated carbocycles. The van der Waals surface area contributed by atoms with Crippen molar-refractivity contribution in [2.75, 3.05) is 11.9 Å². The van der Waals surface area contributed by atoms with Crippen LogP contribution in [0, 0.1) is 0 Å². The molecule has 1 N–H and O–H groups in total. The van der Waals surface area contributed by atoms with Gasteiger partial charge in [-0.3, -0.25) is 14.6 Å². The van der Waals surface area contributed by atoms with Gasteiger partial charge in [0.2, 0.25) is 0 Å². The highest BCUT2D eigenvalue weighted by Gasteiger charge is 2.15. The number of pyridine rings is 1. The van der Waals surface area contributed by atoms with Crippen molar-refractivity contribution >= 4 is 40.8 Å². The maximum Gasteiger partial charge on any atom is 0.306 e. The number of nitrogens with one attached hydrogen (secondary N) is 1. The van der Waals surface area contributed by atoms with Gasteiger partial charge in [-0.1, -0.05) is 35.3 Å². The van der Waals surface area contributed by atoms with E-state index in [1.165, 1.54) is 12.4 Å². The number of benzene rings is 1. The van der Waals surface area contributed by atoms with Crippen molar-refractivity contribution in [1.82, 2.24) is 4.98 Å². The van der Waals surface area contributed by atoms with Crippen LogP contribution in [-0.2, 0) is 16.0 Å². The minimum Gasteiger partial charge on any atom is -0.466 e. The molecular weight excluding hydrogens is 351 g/mol. The van der Waals surface area contributed by atoms with Gasteiger partial charge in [-0.2, -0.15) is 0 Å². The van der Waals surface area contributed by atoms with E-state index in [0.717, 1.165) is 5.56 Å². The largest absolute Gasteiger partial charge is 0.466 e. The number of hydrogen-bond acceptors (Lipinski definition) is 4. The molecule has 1 amide bonds. The number of esters is 1. The molecule has 0 unspecified atom stereocenters. The molecule has 1 aromatic heterocycles. The number of ether oxygens (including phenoxy) is 1. The maximum atomic E-state index is 12.3. The molecule has 7 heteroatoms. The van der Waals surface area contributed by atoms with Gasteiger partial charge in [0.15, 0.2) is 0 Å². The Morgan fingerprint density at radius 2 is 1.75 bits per heavy atom. The molecule has 24 heavy (non-hydrogen) atoms. The molecule has 1 aromatic carbocycles. The van der Waals surface area contributed by atoms with Crippen LogP contribution < -0.4 is 5.32 Å². The molecule has 2 aromatic rings. The summed E-state index contributed by atoms with van der Waals surface area (Å²) < 4.78 is 4.89. The molecule has 0 aliphatic heterocycles. The zero-order valence-corrected chi connectivity index (χ0v) is 14.5. The number of amides is 1. The summed E-state index contributed by atoms with van der Waals surface area (Å²) in [6.07, 6.45) is 3.62. The highest BCUT2D eigenvalue weighted by atomic mass is 35.5. The van der Waals surface area contributed by atoms with E-state index in [1.807, 2.05) is 12.1 Å². The van der Waals surface area contributed by atoms with Crippen molar-refractivity contribution in [3.63, 3.8) is 0 Å². The quantitative estimate of drug-likeness (QED) is 0.780. The summed E-state index contributed by atoms with van der Waals surface area (Å²) in [4.78, 5) is 27.4. The molecule has 2 rings (SSSR count). The van der Waals surface area contributed by atoms with Crippen molar-refractivity contribution in [3.05, 3.63) is 57.8 Å². The van der Waals surface area contributed by atoms with Crippen LogP contribution in [0.25, 0.3) is 0 Å². The summed E-state index contributed by atoms with van der Waals surface area (Å²) in [6, 6.07) is 7.18. The Kier molecular flexibility index (Phi) is 6.58. The average Bonchev–Trinajstić information content (AvgIpc) is 2.54. The molecule has 1 heterocycles. The molecule has 5 nitrogen and oxygen atoms in total. The maximum absolute atomic E-state index is 12.3. The van der Waals surface area contributed by atoms with Crippen LogP contribution in [0.3, 0.4) is 0 Å². The molecule has 0 fully saturated rings. The number of carbonyl (C=O) groups excluding carboxylic acids is 2. The lowest BCUT2D eigenvalue weighted by Crippen LogP contribution is -2.13. The third-order valence-corrected chi connectivity index (χ3v) is 3.79. The third kappa shape index (κ3) is 4.94. The number of rotatable bonds is 6. The number of carbonyl (C=O) groups is 2. The van der Waals surface area contributed by atoms with E-state index in [2.05, 4.69) is 10.3 Å². The van der Waals surface area contributed by atoms with Crippen molar-refractivity contribution < 1.29 is 14.3 Å². The number of nitrogens with zero attached hydrogens (tertiary/aromatic N) is 1. The minimum atomic E-state index is -0.410. The molecule has 0 radical (unpaired) electrons. The van der Waals surface area contributed by atoms with E-state index in [9.17, 15) is 9.59 Å². The highest BCUT2D eigenvalue weighted by molar-refractivity contribution is 6.40. The van der Waals surface area contributed by atoms with Gasteiger partial charge in [0.1, 0.15) is 0 Å². The lowest BCUT2D eigenvalue weighted by atomic mass is 10.1. The minimum absolute atomic E-state index is 0.180.